The van der Waals surface area contributed by atoms with Crippen LogP contribution < -0.4 is 5.32 Å². The Hall–Kier alpha value is -2.14. The van der Waals surface area contributed by atoms with E-state index >= 15 is 0 Å². The summed E-state index contributed by atoms with van der Waals surface area (Å²) in [6, 6.07) is 2.36. The Labute approximate surface area is 241 Å². The summed E-state index contributed by atoms with van der Waals surface area (Å²) in [6.07, 6.45) is 6.93. The van der Waals surface area contributed by atoms with Gasteiger partial charge >= 0.3 is 5.92 Å². The molecular weight excluding hydrogens is 526 g/mol. The third kappa shape index (κ3) is 2.80. The zero-order valence-corrected chi connectivity index (χ0v) is 25.3. The van der Waals surface area contributed by atoms with Crippen LogP contribution in [0.3, 0.4) is 0 Å². The van der Waals surface area contributed by atoms with Gasteiger partial charge in [0.05, 0.1) is 6.07 Å². The second kappa shape index (κ2) is 7.14. The van der Waals surface area contributed by atoms with Crippen molar-refractivity contribution in [3.8, 4) is 6.07 Å². The fraction of sp³-hybridized carbons (Fsp3) is 0.818. The standard InChI is InChI=1S/C33H42F2N2O4/c1-25(2)8-11-32(37-24(40)30(7,34)35)12-9-27(4)22(18(32)15-25)19(38)14-20-26(27,3)10-13-33-28(20,5)21-16-31(21,17-36)23(39)29(33,6)41-33/h14,18,21-22H,8-13,15-16H2,1-7H3,(H,37,40)/t18?,21-,22?,26-,27-,28+,29-,31+,32+,33+/m1/s1. The van der Waals surface area contributed by atoms with Gasteiger partial charge < -0.3 is 10.1 Å². The van der Waals surface area contributed by atoms with Gasteiger partial charge in [0.1, 0.15) is 11.0 Å². The Morgan fingerprint density at radius 3 is 2.32 bits per heavy atom. The largest absolute Gasteiger partial charge is 0.353 e. The summed E-state index contributed by atoms with van der Waals surface area (Å²) in [5.74, 6) is -5.75. The number of amides is 1. The van der Waals surface area contributed by atoms with Gasteiger partial charge in [0.15, 0.2) is 17.2 Å². The first-order valence-corrected chi connectivity index (χ1v) is 15.4. The van der Waals surface area contributed by atoms with Gasteiger partial charge in [0.25, 0.3) is 5.91 Å². The molecule has 5 saturated carbocycles. The van der Waals surface area contributed by atoms with Crippen LogP contribution in [0.5, 0.6) is 0 Å². The third-order valence-electron chi connectivity index (χ3n) is 14.3. The van der Waals surface area contributed by atoms with Crippen LogP contribution in [-0.4, -0.2) is 40.1 Å². The molecule has 1 aliphatic heterocycles. The molecule has 7 aliphatic rings. The molecule has 0 aromatic carbocycles. The van der Waals surface area contributed by atoms with Crippen molar-refractivity contribution >= 4 is 17.5 Å². The number of rotatable bonds is 2. The predicted molar refractivity (Wildman–Crippen MR) is 145 cm³/mol. The highest BCUT2D eigenvalue weighted by molar-refractivity contribution is 6.04. The molecule has 0 aromatic heterocycles. The number of epoxide rings is 1. The number of ether oxygens (including phenoxy) is 1. The molecule has 222 valence electrons. The van der Waals surface area contributed by atoms with Crippen molar-refractivity contribution < 1.29 is 27.9 Å². The molecule has 0 aromatic rings. The van der Waals surface area contributed by atoms with E-state index in [9.17, 15) is 28.4 Å². The number of hydrogen-bond donors (Lipinski definition) is 1. The molecule has 1 spiro atoms. The van der Waals surface area contributed by atoms with Crippen LogP contribution in [0.25, 0.3) is 0 Å². The molecular formula is C33H42F2N2O4. The zero-order valence-electron chi connectivity index (χ0n) is 25.3. The SMILES string of the molecule is CC1(C)CC[C@]2(NC(=O)C(C)(F)F)CC[C@]3(C)C(C(=O)C=C4[C@@]5(C)[C@H]6C[C@@]6(C#N)C(=O)[C@@]6(C)O[C@@]56CC[C@]43C)C2C1. The Kier molecular flexibility index (Phi) is 4.82. The fourth-order valence-electron chi connectivity index (χ4n) is 11.6. The first kappa shape index (κ1) is 27.7. The summed E-state index contributed by atoms with van der Waals surface area (Å²) in [5, 5.41) is 13.0. The van der Waals surface area contributed by atoms with E-state index in [4.69, 9.17) is 4.74 Å². The molecule has 7 rings (SSSR count). The topological polar surface area (TPSA) is 99.6 Å². The van der Waals surface area contributed by atoms with Crippen molar-refractivity contribution in [1.82, 2.24) is 5.32 Å². The number of alkyl halides is 2. The molecule has 10 atom stereocenters. The molecule has 1 heterocycles. The quantitative estimate of drug-likeness (QED) is 0.431. The average Bonchev–Trinajstić information content (AvgIpc) is 3.77. The maximum Gasteiger partial charge on any atom is 0.321 e. The van der Waals surface area contributed by atoms with E-state index in [1.54, 1.807) is 0 Å². The van der Waals surface area contributed by atoms with E-state index in [2.05, 4.69) is 46.0 Å². The first-order valence-electron chi connectivity index (χ1n) is 15.4. The predicted octanol–water partition coefficient (Wildman–Crippen LogP) is 5.69. The minimum Gasteiger partial charge on any atom is -0.353 e. The Bertz CT molecular complexity index is 1410. The second-order valence-corrected chi connectivity index (χ2v) is 16.5. The molecule has 0 radical (unpaired) electrons. The van der Waals surface area contributed by atoms with Gasteiger partial charge in [-0.25, -0.2) is 0 Å². The van der Waals surface area contributed by atoms with Crippen molar-refractivity contribution in [3.05, 3.63) is 11.6 Å². The van der Waals surface area contributed by atoms with Crippen molar-refractivity contribution in [3.63, 3.8) is 0 Å². The summed E-state index contributed by atoms with van der Waals surface area (Å²) in [5.41, 5.74) is -4.22. The molecule has 1 saturated heterocycles. The number of hydrogen-bond acceptors (Lipinski definition) is 5. The van der Waals surface area contributed by atoms with E-state index in [0.717, 1.165) is 18.4 Å². The average molecular weight is 569 g/mol. The number of carbonyl (C=O) groups is 3. The van der Waals surface area contributed by atoms with Crippen molar-refractivity contribution in [2.75, 3.05) is 0 Å². The molecule has 0 bridgehead atoms. The highest BCUT2D eigenvalue weighted by Gasteiger charge is 2.94. The number of fused-ring (bicyclic) bond motifs is 8. The van der Waals surface area contributed by atoms with Crippen LogP contribution in [0.15, 0.2) is 11.6 Å². The van der Waals surface area contributed by atoms with Crippen LogP contribution in [-0.2, 0) is 19.1 Å². The Morgan fingerprint density at radius 2 is 1.68 bits per heavy atom. The summed E-state index contributed by atoms with van der Waals surface area (Å²) in [6.45, 7) is 13.4. The van der Waals surface area contributed by atoms with Crippen LogP contribution >= 0.6 is 0 Å². The number of nitriles is 1. The van der Waals surface area contributed by atoms with Crippen LogP contribution in [0, 0.1) is 56.2 Å². The normalized spacial score (nSPS) is 54.0. The molecule has 6 fully saturated rings. The minimum atomic E-state index is -3.50. The number of carbonyl (C=O) groups excluding carboxylic acids is 3. The van der Waals surface area contributed by atoms with Gasteiger partial charge in [0, 0.05) is 23.8 Å². The van der Waals surface area contributed by atoms with E-state index in [1.165, 1.54) is 0 Å². The fourth-order valence-corrected chi connectivity index (χ4v) is 11.6. The highest BCUT2D eigenvalue weighted by atomic mass is 19.3. The lowest BCUT2D eigenvalue weighted by Gasteiger charge is -2.68. The minimum absolute atomic E-state index is 0.00927. The highest BCUT2D eigenvalue weighted by Crippen LogP contribution is 2.86. The van der Waals surface area contributed by atoms with E-state index < -0.39 is 56.1 Å². The van der Waals surface area contributed by atoms with Crippen LogP contribution in [0.4, 0.5) is 8.78 Å². The lowest BCUT2D eigenvalue weighted by Crippen LogP contribution is -2.71. The summed E-state index contributed by atoms with van der Waals surface area (Å²) < 4.78 is 34.8. The van der Waals surface area contributed by atoms with Gasteiger partial charge in [-0.15, -0.1) is 0 Å². The summed E-state index contributed by atoms with van der Waals surface area (Å²) in [7, 11) is 0. The number of nitrogens with one attached hydrogen (secondary N) is 1. The third-order valence-corrected chi connectivity index (χ3v) is 14.3. The smallest absolute Gasteiger partial charge is 0.321 e. The molecule has 6 nitrogen and oxygen atoms in total. The van der Waals surface area contributed by atoms with Crippen LogP contribution in [0.1, 0.15) is 99.8 Å². The number of Topliss-reactive ketones (excluding diaryl/α,β-unsaturated/α-hetero) is 1. The van der Waals surface area contributed by atoms with E-state index in [0.29, 0.717) is 45.4 Å². The molecule has 2 unspecified atom stereocenters. The number of allylic oxidation sites excluding steroid dienone is 1. The summed E-state index contributed by atoms with van der Waals surface area (Å²) >= 11 is 0. The summed E-state index contributed by atoms with van der Waals surface area (Å²) in [4.78, 5) is 40.8. The van der Waals surface area contributed by atoms with E-state index in [1.807, 2.05) is 13.0 Å². The second-order valence-electron chi connectivity index (χ2n) is 16.5. The maximum absolute atomic E-state index is 14.6. The van der Waals surface area contributed by atoms with Gasteiger partial charge in [-0.2, -0.15) is 14.0 Å². The molecule has 6 aliphatic carbocycles. The Morgan fingerprint density at radius 1 is 1.02 bits per heavy atom. The lowest BCUT2D eigenvalue weighted by molar-refractivity contribution is -0.169. The van der Waals surface area contributed by atoms with Crippen molar-refractivity contribution in [2.24, 2.45) is 44.8 Å². The monoisotopic (exact) mass is 568 g/mol. The number of halogens is 2. The number of ketones is 2. The van der Waals surface area contributed by atoms with Crippen LogP contribution in [0.2, 0.25) is 0 Å². The number of nitrogens with zero attached hydrogens (tertiary/aromatic N) is 1. The maximum atomic E-state index is 14.6. The van der Waals surface area contributed by atoms with Gasteiger partial charge in [-0.1, -0.05) is 40.2 Å². The van der Waals surface area contributed by atoms with Gasteiger partial charge in [-0.05, 0) is 92.4 Å². The molecule has 1 N–H and O–H groups in total. The van der Waals surface area contributed by atoms with Crippen molar-refractivity contribution in [2.45, 2.75) is 122 Å². The molecule has 8 heteroatoms. The first-order chi connectivity index (χ1) is 18.7. The van der Waals surface area contributed by atoms with Gasteiger partial charge in [-0.3, -0.25) is 14.4 Å². The van der Waals surface area contributed by atoms with Gasteiger partial charge in [0.2, 0.25) is 0 Å². The van der Waals surface area contributed by atoms with Crippen molar-refractivity contribution in [1.29, 1.82) is 5.26 Å². The lowest BCUT2D eigenvalue weighted by atomic mass is 9.35. The zero-order chi connectivity index (χ0) is 30.0. The molecule has 1 amide bonds. The molecule has 41 heavy (non-hydrogen) atoms. The Balaban J connectivity index is 1.36. The van der Waals surface area contributed by atoms with E-state index in [-0.39, 0.29) is 28.8 Å².